The lowest BCUT2D eigenvalue weighted by Gasteiger charge is -2.36. The molecule has 2 aliphatic heterocycles. The number of aromatic nitrogens is 3. The van der Waals surface area contributed by atoms with E-state index < -0.39 is 52.6 Å². The Morgan fingerprint density at radius 2 is 1.67 bits per heavy atom. The Hall–Kier alpha value is -4.75. The number of hydrogen-bond donors (Lipinski definition) is 0. The number of halogens is 7. The summed E-state index contributed by atoms with van der Waals surface area (Å²) in [7, 11) is 0. The van der Waals surface area contributed by atoms with Gasteiger partial charge in [-0.15, -0.1) is 0 Å². The van der Waals surface area contributed by atoms with Crippen molar-refractivity contribution in [2.45, 2.75) is 31.5 Å². The first-order valence-electron chi connectivity index (χ1n) is 13.1. The van der Waals surface area contributed by atoms with Gasteiger partial charge >= 0.3 is 6.18 Å². The Morgan fingerprint density at radius 1 is 0.930 bits per heavy atom. The summed E-state index contributed by atoms with van der Waals surface area (Å²) in [5.74, 6) is -7.09. The standard InChI is InChI=1S/C29H20F7N5O2/c30-19-5-3-15-12-23(42)40(27(15)25(19)32)17-7-10-39(11-8-17)28(43)20-13-22(16-2-1-9-37-14-16)41(38-20)21-6-4-18(29(34,35)36)24(31)26(21)33/h1-6,9,13-14,17H,7-8,10-12H2. The lowest BCUT2D eigenvalue weighted by Crippen LogP contribution is -2.48. The molecule has 222 valence electrons. The van der Waals surface area contributed by atoms with Gasteiger partial charge in [-0.1, -0.05) is 6.07 Å². The quantitative estimate of drug-likeness (QED) is 0.281. The van der Waals surface area contributed by atoms with Crippen LogP contribution >= 0.6 is 0 Å². The number of alkyl halides is 3. The number of benzene rings is 2. The van der Waals surface area contributed by atoms with Gasteiger partial charge < -0.3 is 9.80 Å². The molecule has 2 aliphatic rings. The maximum Gasteiger partial charge on any atom is 0.419 e. The third kappa shape index (κ3) is 4.89. The minimum atomic E-state index is -5.13. The first-order chi connectivity index (χ1) is 20.5. The highest BCUT2D eigenvalue weighted by Crippen LogP contribution is 2.38. The van der Waals surface area contributed by atoms with Gasteiger partial charge in [0, 0.05) is 37.1 Å². The monoisotopic (exact) mass is 603 g/mol. The number of fused-ring (bicyclic) bond motifs is 1. The van der Waals surface area contributed by atoms with E-state index in [9.17, 15) is 40.3 Å². The van der Waals surface area contributed by atoms with Crippen LogP contribution in [0.3, 0.4) is 0 Å². The van der Waals surface area contributed by atoms with Crippen LogP contribution < -0.4 is 4.90 Å². The molecule has 4 heterocycles. The van der Waals surface area contributed by atoms with Crippen molar-refractivity contribution < 1.29 is 40.3 Å². The molecule has 0 bridgehead atoms. The summed E-state index contributed by atoms with van der Waals surface area (Å²) < 4.78 is 98.2. The fourth-order valence-corrected chi connectivity index (χ4v) is 5.54. The van der Waals surface area contributed by atoms with Crippen LogP contribution in [0, 0.1) is 23.3 Å². The summed E-state index contributed by atoms with van der Waals surface area (Å²) >= 11 is 0. The Kier molecular flexibility index (Phi) is 6.93. The molecule has 2 aromatic heterocycles. The van der Waals surface area contributed by atoms with Crippen LogP contribution in [0.1, 0.15) is 34.5 Å². The van der Waals surface area contributed by atoms with E-state index in [0.717, 1.165) is 16.8 Å². The van der Waals surface area contributed by atoms with Gasteiger partial charge in [0.1, 0.15) is 5.69 Å². The molecule has 0 radical (unpaired) electrons. The van der Waals surface area contributed by atoms with Crippen LogP contribution in [0.2, 0.25) is 0 Å². The molecule has 4 aromatic rings. The molecule has 0 atom stereocenters. The minimum Gasteiger partial charge on any atom is -0.337 e. The molecule has 14 heteroatoms. The lowest BCUT2D eigenvalue weighted by atomic mass is 10.0. The molecule has 1 fully saturated rings. The molecule has 1 saturated heterocycles. The molecule has 43 heavy (non-hydrogen) atoms. The van der Waals surface area contributed by atoms with Crippen molar-refractivity contribution >= 4 is 17.5 Å². The molecule has 2 aromatic carbocycles. The smallest absolute Gasteiger partial charge is 0.337 e. The second kappa shape index (κ2) is 10.5. The summed E-state index contributed by atoms with van der Waals surface area (Å²) in [6, 6.07) is 7.32. The van der Waals surface area contributed by atoms with Crippen molar-refractivity contribution in [3.8, 4) is 16.9 Å². The van der Waals surface area contributed by atoms with Crippen molar-refractivity contribution in [3.05, 3.63) is 94.9 Å². The van der Waals surface area contributed by atoms with E-state index in [0.29, 0.717) is 17.2 Å². The van der Waals surface area contributed by atoms with Gasteiger partial charge in [0.25, 0.3) is 5.91 Å². The number of hydrogen-bond acceptors (Lipinski definition) is 4. The molecule has 7 nitrogen and oxygen atoms in total. The van der Waals surface area contributed by atoms with E-state index >= 15 is 0 Å². The number of amides is 2. The Balaban J connectivity index is 1.29. The molecule has 0 N–H and O–H groups in total. The molecule has 6 rings (SSSR count). The summed E-state index contributed by atoms with van der Waals surface area (Å²) in [5.41, 5.74) is -1.96. The van der Waals surface area contributed by atoms with Gasteiger partial charge in [0.05, 0.1) is 23.4 Å². The third-order valence-corrected chi connectivity index (χ3v) is 7.60. The zero-order valence-electron chi connectivity index (χ0n) is 22.0. The SMILES string of the molecule is O=C(c1cc(-c2cccnc2)n(-c2ccc(C(F)(F)F)c(F)c2F)n1)N1CCC(N2C(=O)Cc3ccc(F)c(F)c32)CC1. The van der Waals surface area contributed by atoms with Crippen molar-refractivity contribution in [2.24, 2.45) is 0 Å². The van der Waals surface area contributed by atoms with Gasteiger partial charge in [-0.25, -0.2) is 22.2 Å². The third-order valence-electron chi connectivity index (χ3n) is 7.60. The van der Waals surface area contributed by atoms with Crippen LogP contribution in [0.5, 0.6) is 0 Å². The van der Waals surface area contributed by atoms with Crippen LogP contribution in [0.4, 0.5) is 36.4 Å². The molecular formula is C29H20F7N5O2. The fraction of sp³-hybridized carbons (Fsp3) is 0.241. The average Bonchev–Trinajstić information content (AvgIpc) is 3.57. The summed E-state index contributed by atoms with van der Waals surface area (Å²) in [6.07, 6.45) is -1.92. The number of carbonyl (C=O) groups is 2. The van der Waals surface area contributed by atoms with Crippen LogP contribution in [-0.4, -0.2) is 50.6 Å². The molecule has 0 spiro atoms. The first-order valence-corrected chi connectivity index (χ1v) is 13.1. The largest absolute Gasteiger partial charge is 0.419 e. The van der Waals surface area contributed by atoms with Crippen molar-refractivity contribution in [3.63, 3.8) is 0 Å². The maximum absolute atomic E-state index is 15.0. The zero-order chi connectivity index (χ0) is 30.6. The fourth-order valence-electron chi connectivity index (χ4n) is 5.54. The lowest BCUT2D eigenvalue weighted by molar-refractivity contribution is -0.140. The molecular weight excluding hydrogens is 583 g/mol. The van der Waals surface area contributed by atoms with E-state index in [-0.39, 0.29) is 55.3 Å². The Labute approximate surface area is 239 Å². The Morgan fingerprint density at radius 3 is 2.35 bits per heavy atom. The predicted molar refractivity (Wildman–Crippen MR) is 138 cm³/mol. The van der Waals surface area contributed by atoms with Gasteiger partial charge in [0.15, 0.2) is 29.0 Å². The van der Waals surface area contributed by atoms with E-state index in [1.54, 1.807) is 6.07 Å². The molecule has 0 unspecified atom stereocenters. The summed E-state index contributed by atoms with van der Waals surface area (Å²) in [6.45, 7) is 0.218. The highest BCUT2D eigenvalue weighted by Gasteiger charge is 2.39. The van der Waals surface area contributed by atoms with Crippen LogP contribution in [0.15, 0.2) is 54.9 Å². The van der Waals surface area contributed by atoms with Gasteiger partial charge in [-0.2, -0.15) is 18.3 Å². The average molecular weight is 603 g/mol. The number of anilines is 1. The highest BCUT2D eigenvalue weighted by atomic mass is 19.4. The molecule has 0 saturated carbocycles. The van der Waals surface area contributed by atoms with Gasteiger partial charge in [-0.05, 0) is 54.8 Å². The predicted octanol–water partition coefficient (Wildman–Crippen LogP) is 5.70. The zero-order valence-corrected chi connectivity index (χ0v) is 22.0. The summed E-state index contributed by atoms with van der Waals surface area (Å²) in [4.78, 5) is 32.8. The number of nitrogens with zero attached hydrogens (tertiary/aromatic N) is 5. The Bertz CT molecular complexity index is 1750. The number of pyridine rings is 1. The van der Waals surface area contributed by atoms with E-state index in [1.165, 1.54) is 40.4 Å². The van der Waals surface area contributed by atoms with Crippen molar-refractivity contribution in [1.29, 1.82) is 0 Å². The number of likely N-dealkylation sites (tertiary alicyclic amines) is 1. The second-order valence-electron chi connectivity index (χ2n) is 10.2. The highest BCUT2D eigenvalue weighted by molar-refractivity contribution is 6.02. The number of carbonyl (C=O) groups excluding carboxylic acids is 2. The van der Waals surface area contributed by atoms with Gasteiger partial charge in [0.2, 0.25) is 5.91 Å². The molecule has 2 amide bonds. The normalized spacial score (nSPS) is 15.7. The topological polar surface area (TPSA) is 71.3 Å². The summed E-state index contributed by atoms with van der Waals surface area (Å²) in [5, 5.41) is 4.14. The van der Waals surface area contributed by atoms with Crippen LogP contribution in [-0.2, 0) is 17.4 Å². The maximum atomic E-state index is 15.0. The second-order valence-corrected chi connectivity index (χ2v) is 10.2. The first kappa shape index (κ1) is 28.4. The van der Waals surface area contributed by atoms with E-state index in [1.807, 2.05) is 0 Å². The van der Waals surface area contributed by atoms with Crippen LogP contribution in [0.25, 0.3) is 16.9 Å². The van der Waals surface area contributed by atoms with E-state index in [4.69, 9.17) is 0 Å². The van der Waals surface area contributed by atoms with E-state index in [2.05, 4.69) is 10.1 Å². The minimum absolute atomic E-state index is 0.0681. The van der Waals surface area contributed by atoms with Crippen molar-refractivity contribution in [2.75, 3.05) is 18.0 Å². The number of piperidine rings is 1. The molecule has 0 aliphatic carbocycles. The number of rotatable bonds is 4. The van der Waals surface area contributed by atoms with Crippen molar-refractivity contribution in [1.82, 2.24) is 19.7 Å². The van der Waals surface area contributed by atoms with Gasteiger partial charge in [-0.3, -0.25) is 14.6 Å².